The van der Waals surface area contributed by atoms with Gasteiger partial charge in [0, 0.05) is 16.9 Å². The highest BCUT2D eigenvalue weighted by atomic mass is 32.1. The van der Waals surface area contributed by atoms with Crippen LogP contribution in [0.2, 0.25) is 0 Å². The van der Waals surface area contributed by atoms with Gasteiger partial charge in [0.05, 0.1) is 11.6 Å². The number of nitrogens with zero attached hydrogens (tertiary/aromatic N) is 3. The van der Waals surface area contributed by atoms with E-state index in [0.717, 1.165) is 34.5 Å². The molecule has 0 bridgehead atoms. The molecule has 170 valence electrons. The molecule has 5 rings (SSSR count). The Hall–Kier alpha value is -3.77. The van der Waals surface area contributed by atoms with Crippen LogP contribution in [0.25, 0.3) is 17.0 Å². The van der Waals surface area contributed by atoms with Gasteiger partial charge in [0.2, 0.25) is 5.82 Å². The summed E-state index contributed by atoms with van der Waals surface area (Å²) in [4.78, 5) is 6.83. The van der Waals surface area contributed by atoms with E-state index in [9.17, 15) is 0 Å². The zero-order chi connectivity index (χ0) is 23.7. The second-order valence-electron chi connectivity index (χ2n) is 8.44. The van der Waals surface area contributed by atoms with E-state index in [1.807, 2.05) is 59.5 Å². The van der Waals surface area contributed by atoms with Crippen molar-refractivity contribution in [2.75, 3.05) is 4.90 Å². The number of rotatable bonds is 5. The number of para-hydroxylation sites is 1. The van der Waals surface area contributed by atoms with Gasteiger partial charge in [-0.05, 0) is 55.7 Å². The van der Waals surface area contributed by atoms with E-state index >= 15 is 0 Å². The van der Waals surface area contributed by atoms with Crippen LogP contribution >= 0.6 is 12.2 Å². The average Bonchev–Trinajstić information content (AvgIpc) is 3.34. The van der Waals surface area contributed by atoms with Crippen LogP contribution in [0.15, 0.2) is 89.1 Å². The van der Waals surface area contributed by atoms with Crippen molar-refractivity contribution >= 4 is 28.6 Å². The molecule has 1 aliphatic rings. The molecule has 4 aromatic rings. The van der Waals surface area contributed by atoms with E-state index in [1.165, 1.54) is 11.1 Å². The lowest BCUT2D eigenvalue weighted by Crippen LogP contribution is -2.46. The molecule has 34 heavy (non-hydrogen) atoms. The minimum Gasteiger partial charge on any atom is -0.351 e. The second-order valence-corrected chi connectivity index (χ2v) is 8.82. The van der Waals surface area contributed by atoms with Gasteiger partial charge in [0.15, 0.2) is 5.11 Å². The van der Waals surface area contributed by atoms with E-state index in [-0.39, 0.29) is 6.04 Å². The lowest BCUT2D eigenvalue weighted by atomic mass is 9.93. The van der Waals surface area contributed by atoms with Crippen LogP contribution in [0.3, 0.4) is 0 Å². The maximum atomic E-state index is 5.85. The Kier molecular flexibility index (Phi) is 5.99. The van der Waals surface area contributed by atoms with Crippen molar-refractivity contribution < 1.29 is 4.52 Å². The normalized spacial score (nSPS) is 16.0. The summed E-state index contributed by atoms with van der Waals surface area (Å²) in [6.45, 7) is 6.27. The van der Waals surface area contributed by atoms with Crippen molar-refractivity contribution in [3.8, 4) is 11.4 Å². The molecule has 0 radical (unpaired) electrons. The fourth-order valence-corrected chi connectivity index (χ4v) is 4.62. The quantitative estimate of drug-likeness (QED) is 0.340. The lowest BCUT2D eigenvalue weighted by Gasteiger charge is -2.37. The molecular formula is C28H26N4OS. The standard InChI is InChI=1S/C28H26N4OS/c1-4-20-12-16-21(17-13-20)25-24(19(3)32(28(34)29-25)23-8-6-5-7-9-23)27-30-26(31-33-27)22-14-10-18(2)11-15-22/h5-17,25H,4H2,1-3H3,(H,29,34). The highest BCUT2D eigenvalue weighted by molar-refractivity contribution is 7.80. The first kappa shape index (κ1) is 22.0. The second kappa shape index (κ2) is 9.23. The van der Waals surface area contributed by atoms with Crippen molar-refractivity contribution in [2.24, 2.45) is 0 Å². The van der Waals surface area contributed by atoms with E-state index in [2.05, 4.69) is 55.5 Å². The Morgan fingerprint density at radius 1 is 0.941 bits per heavy atom. The van der Waals surface area contributed by atoms with Gasteiger partial charge in [-0.3, -0.25) is 4.90 Å². The third-order valence-corrected chi connectivity index (χ3v) is 6.49. The summed E-state index contributed by atoms with van der Waals surface area (Å²) in [7, 11) is 0. The zero-order valence-electron chi connectivity index (χ0n) is 19.4. The predicted molar refractivity (Wildman–Crippen MR) is 140 cm³/mol. The Labute approximate surface area is 205 Å². The third-order valence-electron chi connectivity index (χ3n) is 6.19. The monoisotopic (exact) mass is 466 g/mol. The summed E-state index contributed by atoms with van der Waals surface area (Å²) in [5, 5.41) is 8.46. The van der Waals surface area contributed by atoms with Gasteiger partial charge in [-0.25, -0.2) is 0 Å². The van der Waals surface area contributed by atoms with Gasteiger partial charge in [-0.2, -0.15) is 4.98 Å². The van der Waals surface area contributed by atoms with Gasteiger partial charge >= 0.3 is 0 Å². The Morgan fingerprint density at radius 2 is 1.65 bits per heavy atom. The number of aryl methyl sites for hydroxylation is 2. The molecule has 2 heterocycles. The average molecular weight is 467 g/mol. The van der Waals surface area contributed by atoms with Crippen LogP contribution in [-0.4, -0.2) is 15.3 Å². The molecule has 0 spiro atoms. The molecule has 0 saturated heterocycles. The molecule has 1 aromatic heterocycles. The number of hydrogen-bond donors (Lipinski definition) is 1. The maximum absolute atomic E-state index is 5.85. The Morgan fingerprint density at radius 3 is 2.32 bits per heavy atom. The molecule has 0 fully saturated rings. The van der Waals surface area contributed by atoms with Gasteiger partial charge in [-0.1, -0.05) is 84.4 Å². The smallest absolute Gasteiger partial charge is 0.258 e. The fraction of sp³-hybridized carbons (Fsp3) is 0.179. The van der Waals surface area contributed by atoms with E-state index in [4.69, 9.17) is 21.7 Å². The van der Waals surface area contributed by atoms with Gasteiger partial charge in [0.1, 0.15) is 0 Å². The number of hydrogen-bond acceptors (Lipinski definition) is 4. The van der Waals surface area contributed by atoms with Gasteiger partial charge in [-0.15, -0.1) is 0 Å². The molecule has 0 saturated carbocycles. The third kappa shape index (κ3) is 4.13. The molecule has 0 amide bonds. The first-order valence-electron chi connectivity index (χ1n) is 11.4. The predicted octanol–water partition coefficient (Wildman–Crippen LogP) is 6.47. The topological polar surface area (TPSA) is 54.2 Å². The summed E-state index contributed by atoms with van der Waals surface area (Å²) in [6, 6.07) is 26.6. The summed E-state index contributed by atoms with van der Waals surface area (Å²) in [5.74, 6) is 1.04. The van der Waals surface area contributed by atoms with E-state index in [1.54, 1.807) is 0 Å². The fourth-order valence-electron chi connectivity index (χ4n) is 4.26. The molecule has 1 N–H and O–H groups in total. The molecule has 3 aromatic carbocycles. The first-order chi connectivity index (χ1) is 16.5. The molecule has 6 heteroatoms. The summed E-state index contributed by atoms with van der Waals surface area (Å²) in [5.41, 5.74) is 7.33. The largest absolute Gasteiger partial charge is 0.351 e. The van der Waals surface area contributed by atoms with Crippen LogP contribution < -0.4 is 10.2 Å². The first-order valence-corrected chi connectivity index (χ1v) is 11.8. The molecule has 0 aliphatic carbocycles. The van der Waals surface area contributed by atoms with Crippen LogP contribution in [-0.2, 0) is 6.42 Å². The number of benzene rings is 3. The highest BCUT2D eigenvalue weighted by Gasteiger charge is 2.34. The minimum atomic E-state index is -0.204. The Balaban J connectivity index is 1.63. The van der Waals surface area contributed by atoms with E-state index < -0.39 is 0 Å². The number of thiocarbonyl (C=S) groups is 1. The zero-order valence-corrected chi connectivity index (χ0v) is 20.3. The van der Waals surface area contributed by atoms with Crippen LogP contribution in [0.1, 0.15) is 42.5 Å². The van der Waals surface area contributed by atoms with Crippen molar-refractivity contribution in [1.29, 1.82) is 0 Å². The maximum Gasteiger partial charge on any atom is 0.258 e. The molecule has 5 nitrogen and oxygen atoms in total. The molecule has 1 unspecified atom stereocenters. The number of allylic oxidation sites excluding steroid dienone is 1. The summed E-state index contributed by atoms with van der Waals surface area (Å²) < 4.78 is 5.85. The molecule has 1 atom stereocenters. The number of anilines is 1. The Bertz CT molecular complexity index is 1340. The van der Waals surface area contributed by atoms with E-state index in [0.29, 0.717) is 16.8 Å². The van der Waals surface area contributed by atoms with Gasteiger partial charge < -0.3 is 9.84 Å². The number of nitrogens with one attached hydrogen (secondary N) is 1. The van der Waals surface area contributed by atoms with Crippen LogP contribution in [0.4, 0.5) is 5.69 Å². The van der Waals surface area contributed by atoms with Crippen molar-refractivity contribution in [3.63, 3.8) is 0 Å². The van der Waals surface area contributed by atoms with Gasteiger partial charge in [0.25, 0.3) is 5.89 Å². The van der Waals surface area contributed by atoms with Crippen LogP contribution in [0, 0.1) is 6.92 Å². The van der Waals surface area contributed by atoms with Crippen LogP contribution in [0.5, 0.6) is 0 Å². The van der Waals surface area contributed by atoms with Crippen molar-refractivity contribution in [2.45, 2.75) is 33.2 Å². The molecule has 1 aliphatic heterocycles. The molecular weight excluding hydrogens is 440 g/mol. The number of aromatic nitrogens is 2. The van der Waals surface area contributed by atoms with Crippen molar-refractivity contribution in [3.05, 3.63) is 107 Å². The summed E-state index contributed by atoms with van der Waals surface area (Å²) >= 11 is 5.82. The lowest BCUT2D eigenvalue weighted by molar-refractivity contribution is 0.404. The summed E-state index contributed by atoms with van der Waals surface area (Å²) in [6.07, 6.45) is 0.990. The minimum absolute atomic E-state index is 0.204. The van der Waals surface area contributed by atoms with Crippen molar-refractivity contribution in [1.82, 2.24) is 15.5 Å². The SMILES string of the molecule is CCc1ccc(C2NC(=S)N(c3ccccc3)C(C)=C2c2nc(-c3ccc(C)cc3)no2)cc1. The highest BCUT2D eigenvalue weighted by Crippen LogP contribution is 2.39.